The molecule has 0 saturated carbocycles. The third kappa shape index (κ3) is 3.98. The highest BCUT2D eigenvalue weighted by atomic mass is 19.4. The van der Waals surface area contributed by atoms with Gasteiger partial charge in [0.1, 0.15) is 5.75 Å². The van der Waals surface area contributed by atoms with Crippen LogP contribution in [0.4, 0.5) is 13.2 Å². The van der Waals surface area contributed by atoms with Crippen molar-refractivity contribution in [2.75, 3.05) is 0 Å². The number of aromatic nitrogens is 4. The van der Waals surface area contributed by atoms with E-state index in [1.807, 2.05) is 0 Å². The van der Waals surface area contributed by atoms with Crippen LogP contribution < -0.4 is 4.74 Å². The van der Waals surface area contributed by atoms with E-state index in [4.69, 9.17) is 9.26 Å². The van der Waals surface area contributed by atoms with Crippen LogP contribution in [0.1, 0.15) is 19.7 Å². The lowest BCUT2D eigenvalue weighted by Gasteiger charge is -2.25. The highest BCUT2D eigenvalue weighted by Gasteiger charge is 2.48. The van der Waals surface area contributed by atoms with Gasteiger partial charge in [-0.15, -0.1) is 0 Å². The first kappa shape index (κ1) is 17.8. The van der Waals surface area contributed by atoms with Crippen molar-refractivity contribution in [3.63, 3.8) is 0 Å². The van der Waals surface area contributed by atoms with Gasteiger partial charge in [-0.2, -0.15) is 18.2 Å². The van der Waals surface area contributed by atoms with E-state index >= 15 is 0 Å². The fourth-order valence-electron chi connectivity index (χ4n) is 2.04. The molecule has 6 nitrogen and oxygen atoms in total. The van der Waals surface area contributed by atoms with Crippen molar-refractivity contribution in [2.24, 2.45) is 5.41 Å². The van der Waals surface area contributed by atoms with Crippen molar-refractivity contribution in [1.82, 2.24) is 20.1 Å². The molecular formula is C17H15F3N4O2. The van der Waals surface area contributed by atoms with Crippen LogP contribution in [0.5, 0.6) is 11.8 Å². The molecule has 0 spiro atoms. The monoisotopic (exact) mass is 364 g/mol. The molecule has 0 aliphatic carbocycles. The van der Waals surface area contributed by atoms with Crippen molar-refractivity contribution < 1.29 is 22.4 Å². The molecule has 0 aliphatic rings. The SMILES string of the molecule is CC(C)(Cc1nc(-c2ccc(Oc3ncccn3)cc2)no1)C(F)(F)F. The van der Waals surface area contributed by atoms with Gasteiger partial charge in [0.05, 0.1) is 5.41 Å². The van der Waals surface area contributed by atoms with Gasteiger partial charge in [0.15, 0.2) is 0 Å². The standard InChI is InChI=1S/C17H15F3N4O2/c1-16(2,17(18,19)20)10-13-23-14(24-26-13)11-4-6-12(7-5-11)25-15-21-8-3-9-22-15/h3-9H,10H2,1-2H3. The number of nitrogens with zero attached hydrogens (tertiary/aromatic N) is 4. The number of ether oxygens (including phenoxy) is 1. The maximum Gasteiger partial charge on any atom is 0.394 e. The third-order valence-corrected chi connectivity index (χ3v) is 3.69. The number of hydrogen-bond acceptors (Lipinski definition) is 6. The Hall–Kier alpha value is -2.97. The van der Waals surface area contributed by atoms with E-state index in [0.717, 1.165) is 13.8 Å². The van der Waals surface area contributed by atoms with E-state index < -0.39 is 18.0 Å². The minimum Gasteiger partial charge on any atom is -0.424 e. The maximum atomic E-state index is 13.0. The largest absolute Gasteiger partial charge is 0.424 e. The molecule has 0 amide bonds. The second-order valence-electron chi connectivity index (χ2n) is 6.23. The number of hydrogen-bond donors (Lipinski definition) is 0. The first-order valence-corrected chi connectivity index (χ1v) is 7.69. The predicted octanol–water partition coefficient (Wildman–Crippen LogP) is 4.45. The summed E-state index contributed by atoms with van der Waals surface area (Å²) in [5.74, 6) is 0.641. The summed E-state index contributed by atoms with van der Waals surface area (Å²) in [6.45, 7) is 2.18. The first-order chi connectivity index (χ1) is 12.2. The molecule has 2 aromatic heterocycles. The highest BCUT2D eigenvalue weighted by Crippen LogP contribution is 2.40. The summed E-state index contributed by atoms with van der Waals surface area (Å²) in [6.07, 6.45) is -1.64. The lowest BCUT2D eigenvalue weighted by Crippen LogP contribution is -2.34. The Morgan fingerprint density at radius 2 is 1.69 bits per heavy atom. The summed E-state index contributed by atoms with van der Waals surface area (Å²) in [5.41, 5.74) is -1.37. The highest BCUT2D eigenvalue weighted by molar-refractivity contribution is 5.55. The molecule has 0 atom stereocenters. The van der Waals surface area contributed by atoms with Crippen LogP contribution in [-0.4, -0.2) is 26.3 Å². The zero-order valence-electron chi connectivity index (χ0n) is 14.0. The quantitative estimate of drug-likeness (QED) is 0.666. The fraction of sp³-hybridized carbons (Fsp3) is 0.294. The van der Waals surface area contributed by atoms with Crippen LogP contribution in [0.2, 0.25) is 0 Å². The summed E-state index contributed by atoms with van der Waals surface area (Å²) >= 11 is 0. The number of alkyl halides is 3. The molecule has 0 unspecified atom stereocenters. The van der Waals surface area contributed by atoms with Crippen LogP contribution in [0.25, 0.3) is 11.4 Å². The molecule has 136 valence electrons. The van der Waals surface area contributed by atoms with Crippen molar-refractivity contribution in [3.05, 3.63) is 48.6 Å². The lowest BCUT2D eigenvalue weighted by atomic mass is 9.88. The molecule has 3 rings (SSSR count). The Labute approximate surface area is 147 Å². The van der Waals surface area contributed by atoms with Gasteiger partial charge in [-0.05, 0) is 30.3 Å². The molecular weight excluding hydrogens is 349 g/mol. The van der Waals surface area contributed by atoms with Gasteiger partial charge in [0.2, 0.25) is 11.7 Å². The normalized spacial score (nSPS) is 12.2. The predicted molar refractivity (Wildman–Crippen MR) is 85.4 cm³/mol. The fourth-order valence-corrected chi connectivity index (χ4v) is 2.04. The minimum atomic E-state index is -4.36. The van der Waals surface area contributed by atoms with Gasteiger partial charge in [0.25, 0.3) is 0 Å². The maximum absolute atomic E-state index is 13.0. The van der Waals surface area contributed by atoms with Crippen molar-refractivity contribution in [1.29, 1.82) is 0 Å². The first-order valence-electron chi connectivity index (χ1n) is 7.69. The van der Waals surface area contributed by atoms with Crippen molar-refractivity contribution in [2.45, 2.75) is 26.4 Å². The Morgan fingerprint density at radius 3 is 2.31 bits per heavy atom. The van der Waals surface area contributed by atoms with E-state index in [2.05, 4.69) is 20.1 Å². The molecule has 0 radical (unpaired) electrons. The molecule has 2 heterocycles. The van der Waals surface area contributed by atoms with Crippen molar-refractivity contribution in [3.8, 4) is 23.1 Å². The van der Waals surface area contributed by atoms with Crippen LogP contribution >= 0.6 is 0 Å². The number of benzene rings is 1. The smallest absolute Gasteiger partial charge is 0.394 e. The molecule has 9 heteroatoms. The number of halogens is 3. The zero-order chi connectivity index (χ0) is 18.8. The Bertz CT molecular complexity index is 862. The second-order valence-corrected chi connectivity index (χ2v) is 6.23. The average molecular weight is 364 g/mol. The molecule has 0 saturated heterocycles. The Kier molecular flexibility index (Phi) is 4.62. The zero-order valence-corrected chi connectivity index (χ0v) is 14.0. The van der Waals surface area contributed by atoms with Gasteiger partial charge < -0.3 is 9.26 Å². The van der Waals surface area contributed by atoms with E-state index in [1.165, 1.54) is 0 Å². The summed E-state index contributed by atoms with van der Waals surface area (Å²) in [6, 6.07) is 8.52. The molecule has 26 heavy (non-hydrogen) atoms. The van der Waals surface area contributed by atoms with Crippen LogP contribution in [-0.2, 0) is 6.42 Å². The molecule has 3 aromatic rings. The summed E-state index contributed by atoms with van der Waals surface area (Å²) in [5, 5.41) is 3.75. The van der Waals surface area contributed by atoms with Crippen LogP contribution in [0.3, 0.4) is 0 Å². The van der Waals surface area contributed by atoms with Crippen LogP contribution in [0.15, 0.2) is 47.2 Å². The molecule has 1 aromatic carbocycles. The number of rotatable bonds is 5. The lowest BCUT2D eigenvalue weighted by molar-refractivity contribution is -0.212. The Morgan fingerprint density at radius 1 is 1.04 bits per heavy atom. The van der Waals surface area contributed by atoms with Gasteiger partial charge in [0, 0.05) is 24.4 Å². The van der Waals surface area contributed by atoms with Gasteiger partial charge >= 0.3 is 12.2 Å². The van der Waals surface area contributed by atoms with E-state index in [1.54, 1.807) is 42.7 Å². The van der Waals surface area contributed by atoms with Crippen molar-refractivity contribution >= 4 is 0 Å². The second kappa shape index (κ2) is 6.74. The van der Waals surface area contributed by atoms with Crippen LogP contribution in [0, 0.1) is 5.41 Å². The third-order valence-electron chi connectivity index (χ3n) is 3.69. The van der Waals surface area contributed by atoms with Gasteiger partial charge in [-0.1, -0.05) is 19.0 Å². The van der Waals surface area contributed by atoms with Gasteiger partial charge in [-0.3, -0.25) is 0 Å². The van der Waals surface area contributed by atoms with E-state index in [-0.39, 0.29) is 17.7 Å². The summed E-state index contributed by atoms with van der Waals surface area (Å²) in [7, 11) is 0. The molecule has 0 bridgehead atoms. The molecule has 0 fully saturated rings. The van der Waals surface area contributed by atoms with Gasteiger partial charge in [-0.25, -0.2) is 9.97 Å². The summed E-state index contributed by atoms with van der Waals surface area (Å²) in [4.78, 5) is 11.9. The topological polar surface area (TPSA) is 73.9 Å². The van der Waals surface area contributed by atoms with E-state index in [9.17, 15) is 13.2 Å². The minimum absolute atomic E-state index is 0.0691. The summed E-state index contributed by atoms with van der Waals surface area (Å²) < 4.78 is 49.3. The molecule has 0 N–H and O–H groups in total. The Balaban J connectivity index is 1.71. The van der Waals surface area contributed by atoms with E-state index in [0.29, 0.717) is 11.3 Å². The average Bonchev–Trinajstić information content (AvgIpc) is 3.03. The molecule has 0 aliphatic heterocycles.